The number of likely N-dealkylation sites (tertiary alicyclic amines) is 1. The van der Waals surface area contributed by atoms with E-state index in [-0.39, 0.29) is 18.8 Å². The Morgan fingerprint density at radius 2 is 1.69 bits per heavy atom. The summed E-state index contributed by atoms with van der Waals surface area (Å²) < 4.78 is 5.47. The van der Waals surface area contributed by atoms with E-state index in [0.717, 1.165) is 12.8 Å². The van der Waals surface area contributed by atoms with Crippen LogP contribution in [-0.4, -0.2) is 42.1 Å². The fourth-order valence-electron chi connectivity index (χ4n) is 3.10. The summed E-state index contributed by atoms with van der Waals surface area (Å²) in [5, 5.41) is 2.96. The van der Waals surface area contributed by atoms with Gasteiger partial charge in [-0.2, -0.15) is 0 Å². The summed E-state index contributed by atoms with van der Waals surface area (Å²) in [6.45, 7) is 13.0. The monoisotopic (exact) mass is 364 g/mol. The molecule has 1 aromatic carbocycles. The summed E-state index contributed by atoms with van der Waals surface area (Å²) in [6, 6.07) is 10.2. The van der Waals surface area contributed by atoms with Gasteiger partial charge in [-0.1, -0.05) is 44.2 Å². The third-order valence-electron chi connectivity index (χ3n) is 4.43. The van der Waals surface area contributed by atoms with Crippen LogP contribution in [0.15, 0.2) is 30.3 Å². The molecule has 1 aromatic rings. The van der Waals surface area contributed by atoms with E-state index in [1.54, 1.807) is 4.90 Å². The van der Waals surface area contributed by atoms with Gasteiger partial charge in [0.2, 0.25) is 5.91 Å². The second-order valence-electron chi connectivity index (χ2n) is 7.52. The van der Waals surface area contributed by atoms with Crippen LogP contribution in [0.5, 0.6) is 0 Å². The van der Waals surface area contributed by atoms with E-state index in [2.05, 4.69) is 17.4 Å². The molecule has 1 fully saturated rings. The predicted octanol–water partition coefficient (Wildman–Crippen LogP) is 4.36. The highest BCUT2D eigenvalue weighted by molar-refractivity contribution is 5.73. The Kier molecular flexibility index (Phi) is 8.12. The lowest BCUT2D eigenvalue weighted by molar-refractivity contribution is -0.119. The molecule has 0 atom stereocenters. The van der Waals surface area contributed by atoms with Gasteiger partial charge in [-0.15, -0.1) is 0 Å². The number of carbonyl (C=O) groups excluding carboxylic acids is 2. The van der Waals surface area contributed by atoms with E-state index in [1.807, 2.05) is 52.8 Å². The summed E-state index contributed by atoms with van der Waals surface area (Å²) in [4.78, 5) is 25.4. The average molecular weight is 365 g/mol. The van der Waals surface area contributed by atoms with Crippen molar-refractivity contribution in [3.63, 3.8) is 0 Å². The van der Waals surface area contributed by atoms with Crippen molar-refractivity contribution >= 4 is 12.0 Å². The molecule has 0 aliphatic carbocycles. The van der Waals surface area contributed by atoms with Crippen LogP contribution in [0.3, 0.4) is 0 Å². The quantitative estimate of drug-likeness (QED) is 0.867. The number of amides is 2. The zero-order chi connectivity index (χ0) is 19.8. The molecule has 1 aliphatic heterocycles. The number of benzene rings is 1. The summed E-state index contributed by atoms with van der Waals surface area (Å²) in [5.41, 5.74) is 0.592. The zero-order valence-electron chi connectivity index (χ0n) is 17.1. The van der Waals surface area contributed by atoms with Gasteiger partial charge in [0.1, 0.15) is 5.60 Å². The van der Waals surface area contributed by atoms with Gasteiger partial charge in [-0.25, -0.2) is 4.79 Å². The van der Waals surface area contributed by atoms with E-state index < -0.39 is 5.60 Å². The zero-order valence-corrected chi connectivity index (χ0v) is 17.1. The van der Waals surface area contributed by atoms with Gasteiger partial charge in [-0.3, -0.25) is 4.79 Å². The lowest BCUT2D eigenvalue weighted by Gasteiger charge is -2.42. The van der Waals surface area contributed by atoms with Crippen molar-refractivity contribution in [2.75, 3.05) is 19.6 Å². The predicted molar refractivity (Wildman–Crippen MR) is 107 cm³/mol. The number of rotatable bonds is 3. The van der Waals surface area contributed by atoms with Crippen molar-refractivity contribution in [1.82, 2.24) is 10.2 Å². The number of hydrogen-bond acceptors (Lipinski definition) is 3. The Morgan fingerprint density at radius 3 is 2.15 bits per heavy atom. The van der Waals surface area contributed by atoms with Gasteiger partial charge >= 0.3 is 6.09 Å². The molecule has 1 heterocycles. The molecule has 26 heavy (non-hydrogen) atoms. The third kappa shape index (κ3) is 6.36. The topological polar surface area (TPSA) is 58.6 Å². The smallest absolute Gasteiger partial charge is 0.410 e. The fourth-order valence-corrected chi connectivity index (χ4v) is 3.10. The van der Waals surface area contributed by atoms with Crippen LogP contribution in [0.1, 0.15) is 61.4 Å². The van der Waals surface area contributed by atoms with Gasteiger partial charge in [-0.05, 0) is 39.2 Å². The number of nitrogens with zero attached hydrogens (tertiary/aromatic N) is 1. The molecule has 0 radical (unpaired) electrons. The van der Waals surface area contributed by atoms with E-state index in [4.69, 9.17) is 4.74 Å². The molecule has 0 aromatic heterocycles. The van der Waals surface area contributed by atoms with Gasteiger partial charge in [0.15, 0.2) is 0 Å². The number of ether oxygens (including phenoxy) is 1. The molecule has 2 rings (SSSR count). The Balaban J connectivity index is 0.00000218. The van der Waals surface area contributed by atoms with Crippen LogP contribution in [0.25, 0.3) is 0 Å². The molecule has 1 saturated heterocycles. The van der Waals surface area contributed by atoms with Crippen LogP contribution in [0.2, 0.25) is 0 Å². The van der Waals surface area contributed by atoms with E-state index in [9.17, 15) is 9.59 Å². The first-order chi connectivity index (χ1) is 12.2. The van der Waals surface area contributed by atoms with Crippen LogP contribution >= 0.6 is 0 Å². The molecule has 0 bridgehead atoms. The molecule has 0 unspecified atom stereocenters. The molecule has 0 spiro atoms. The molecule has 5 heteroatoms. The Morgan fingerprint density at radius 1 is 1.15 bits per heavy atom. The van der Waals surface area contributed by atoms with E-state index in [0.29, 0.717) is 19.6 Å². The number of nitrogens with one attached hydrogen (secondary N) is 1. The first-order valence-corrected chi connectivity index (χ1v) is 9.50. The van der Waals surface area contributed by atoms with Crippen LogP contribution in [-0.2, 0) is 14.9 Å². The van der Waals surface area contributed by atoms with Crippen molar-refractivity contribution in [3.05, 3.63) is 35.9 Å². The maximum absolute atomic E-state index is 12.3. The standard InChI is InChI=1S/C19H28N2O3.C2H6.H2/c1-15(22)20-14-19(16-8-6-5-7-9-16)10-12-21(13-11-19)17(23)24-18(2,3)4;1-2;/h5-9H,10-14H2,1-4H3,(H,20,22);1-2H3;1H. The Labute approximate surface area is 159 Å². The largest absolute Gasteiger partial charge is 0.444 e. The lowest BCUT2D eigenvalue weighted by atomic mass is 9.72. The van der Waals surface area contributed by atoms with Crippen LogP contribution in [0, 0.1) is 0 Å². The Hall–Kier alpha value is -2.04. The van der Waals surface area contributed by atoms with E-state index in [1.165, 1.54) is 12.5 Å². The molecule has 0 saturated carbocycles. The summed E-state index contributed by atoms with van der Waals surface area (Å²) in [6.07, 6.45) is 1.34. The molecule has 2 amide bonds. The maximum atomic E-state index is 12.3. The molecular formula is C21H36N2O3. The number of piperidine rings is 1. The minimum Gasteiger partial charge on any atom is -0.444 e. The molecular weight excluding hydrogens is 328 g/mol. The molecule has 148 valence electrons. The second-order valence-corrected chi connectivity index (χ2v) is 7.52. The van der Waals surface area contributed by atoms with Crippen molar-refractivity contribution in [1.29, 1.82) is 0 Å². The van der Waals surface area contributed by atoms with Gasteiger partial charge in [0.05, 0.1) is 0 Å². The number of carbonyl (C=O) groups is 2. The highest BCUT2D eigenvalue weighted by Gasteiger charge is 2.38. The highest BCUT2D eigenvalue weighted by atomic mass is 16.6. The number of hydrogen-bond donors (Lipinski definition) is 1. The fraction of sp³-hybridized carbons (Fsp3) is 0.619. The first-order valence-electron chi connectivity index (χ1n) is 9.50. The SMILES string of the molecule is CC.CC(=O)NCC1(c2ccccc2)CCN(C(=O)OC(C)(C)C)CC1.[HH]. The third-order valence-corrected chi connectivity index (χ3v) is 4.43. The first kappa shape index (κ1) is 22.0. The van der Waals surface area contributed by atoms with Gasteiger partial charge in [0, 0.05) is 33.4 Å². The maximum Gasteiger partial charge on any atom is 0.410 e. The second kappa shape index (κ2) is 9.60. The molecule has 5 nitrogen and oxygen atoms in total. The van der Waals surface area contributed by atoms with Crippen molar-refractivity contribution in [2.45, 2.75) is 65.4 Å². The van der Waals surface area contributed by atoms with Crippen molar-refractivity contribution in [2.24, 2.45) is 0 Å². The summed E-state index contributed by atoms with van der Waals surface area (Å²) in [5.74, 6) is -0.0279. The lowest BCUT2D eigenvalue weighted by Crippen LogP contribution is -2.51. The van der Waals surface area contributed by atoms with Crippen LogP contribution < -0.4 is 5.32 Å². The summed E-state index contributed by atoms with van der Waals surface area (Å²) in [7, 11) is 0. The Bertz CT molecular complexity index is 577. The minimum absolute atomic E-state index is 0. The van der Waals surface area contributed by atoms with Gasteiger partial charge < -0.3 is 15.0 Å². The summed E-state index contributed by atoms with van der Waals surface area (Å²) >= 11 is 0. The normalized spacial score (nSPS) is 16.2. The highest BCUT2D eigenvalue weighted by Crippen LogP contribution is 2.35. The van der Waals surface area contributed by atoms with Crippen LogP contribution in [0.4, 0.5) is 4.79 Å². The minimum atomic E-state index is -0.485. The average Bonchev–Trinajstić information content (AvgIpc) is 2.61. The molecule has 1 N–H and O–H groups in total. The van der Waals surface area contributed by atoms with Crippen molar-refractivity contribution < 1.29 is 15.8 Å². The van der Waals surface area contributed by atoms with E-state index >= 15 is 0 Å². The van der Waals surface area contributed by atoms with Crippen molar-refractivity contribution in [3.8, 4) is 0 Å². The molecule has 1 aliphatic rings. The van der Waals surface area contributed by atoms with Gasteiger partial charge in [0.25, 0.3) is 0 Å².